The summed E-state index contributed by atoms with van der Waals surface area (Å²) in [5, 5.41) is 2.32. The lowest BCUT2D eigenvalue weighted by molar-refractivity contribution is 0.0526. The van der Waals surface area contributed by atoms with Crippen molar-refractivity contribution in [2.45, 2.75) is 6.92 Å². The molecule has 1 heterocycles. The molecule has 0 amide bonds. The van der Waals surface area contributed by atoms with Crippen molar-refractivity contribution >= 4 is 37.5 Å². The Labute approximate surface area is 109 Å². The summed E-state index contributed by atoms with van der Waals surface area (Å²) in [6, 6.07) is 14.0. The van der Waals surface area contributed by atoms with E-state index in [0.717, 1.165) is 5.39 Å². The van der Waals surface area contributed by atoms with Crippen molar-refractivity contribution in [3.8, 4) is 0 Å². The zero-order valence-corrected chi connectivity index (χ0v) is 10.8. The second-order valence-electron chi connectivity index (χ2n) is 4.03. The molecule has 0 saturated carbocycles. The van der Waals surface area contributed by atoms with Gasteiger partial charge in [0.15, 0.2) is 0 Å². The van der Waals surface area contributed by atoms with Crippen LogP contribution in [0.4, 0.5) is 0 Å². The number of benzene rings is 2. The number of thiophene rings is 1. The van der Waals surface area contributed by atoms with Gasteiger partial charge in [-0.3, -0.25) is 0 Å². The average molecular weight is 256 g/mol. The standard InChI is InChI=1S/C15H12O2S/c1-2-17-15(16)10-7-8-14-12(9-10)11-5-3-4-6-13(11)18-14/h3-9H,2H2,1H3. The fourth-order valence-corrected chi connectivity index (χ4v) is 3.15. The molecule has 0 bridgehead atoms. The number of hydrogen-bond acceptors (Lipinski definition) is 3. The van der Waals surface area contributed by atoms with E-state index in [1.807, 2.05) is 37.3 Å². The van der Waals surface area contributed by atoms with Crippen LogP contribution in [0.1, 0.15) is 17.3 Å². The highest BCUT2D eigenvalue weighted by Gasteiger charge is 2.10. The summed E-state index contributed by atoms with van der Waals surface area (Å²) in [6.45, 7) is 2.22. The normalized spacial score (nSPS) is 10.9. The Kier molecular flexibility index (Phi) is 2.76. The summed E-state index contributed by atoms with van der Waals surface area (Å²) in [6.07, 6.45) is 0. The molecule has 0 aliphatic carbocycles. The number of carbonyl (C=O) groups excluding carboxylic acids is 1. The molecule has 3 aromatic rings. The molecule has 3 heteroatoms. The van der Waals surface area contributed by atoms with Gasteiger partial charge in [-0.05, 0) is 31.2 Å². The summed E-state index contributed by atoms with van der Waals surface area (Å²) in [4.78, 5) is 11.7. The molecular formula is C15H12O2S. The van der Waals surface area contributed by atoms with Gasteiger partial charge in [0.05, 0.1) is 12.2 Å². The van der Waals surface area contributed by atoms with Gasteiger partial charge >= 0.3 is 5.97 Å². The molecule has 2 nitrogen and oxygen atoms in total. The van der Waals surface area contributed by atoms with E-state index in [0.29, 0.717) is 12.2 Å². The number of hydrogen-bond donors (Lipinski definition) is 0. The Balaban J connectivity index is 2.21. The van der Waals surface area contributed by atoms with E-state index in [2.05, 4.69) is 12.1 Å². The molecule has 90 valence electrons. The summed E-state index contributed by atoms with van der Waals surface area (Å²) in [7, 11) is 0. The highest BCUT2D eigenvalue weighted by atomic mass is 32.1. The van der Waals surface area contributed by atoms with Crippen molar-refractivity contribution in [2.75, 3.05) is 6.61 Å². The lowest BCUT2D eigenvalue weighted by Crippen LogP contribution is -2.03. The highest BCUT2D eigenvalue weighted by Crippen LogP contribution is 2.34. The summed E-state index contributed by atoms with van der Waals surface area (Å²) >= 11 is 1.74. The quantitative estimate of drug-likeness (QED) is 0.641. The SMILES string of the molecule is CCOC(=O)c1ccc2sc3ccccc3c2c1. The molecule has 0 aliphatic rings. The average Bonchev–Trinajstić information content (AvgIpc) is 2.76. The Morgan fingerprint density at radius 1 is 1.11 bits per heavy atom. The van der Waals surface area contributed by atoms with Crippen LogP contribution in [0.25, 0.3) is 20.2 Å². The largest absolute Gasteiger partial charge is 0.462 e. The maximum atomic E-state index is 11.7. The topological polar surface area (TPSA) is 26.3 Å². The fraction of sp³-hybridized carbons (Fsp3) is 0.133. The zero-order valence-electron chi connectivity index (χ0n) is 9.97. The molecule has 0 aliphatic heterocycles. The molecule has 0 saturated heterocycles. The molecule has 0 spiro atoms. The van der Waals surface area contributed by atoms with E-state index in [-0.39, 0.29) is 5.97 Å². The summed E-state index contributed by atoms with van der Waals surface area (Å²) in [5.41, 5.74) is 0.618. The Bertz CT molecular complexity index is 728. The van der Waals surface area contributed by atoms with E-state index in [1.165, 1.54) is 14.8 Å². The van der Waals surface area contributed by atoms with Gasteiger partial charge in [0.1, 0.15) is 0 Å². The highest BCUT2D eigenvalue weighted by molar-refractivity contribution is 7.25. The van der Waals surface area contributed by atoms with Crippen LogP contribution in [0.2, 0.25) is 0 Å². The van der Waals surface area contributed by atoms with Gasteiger partial charge < -0.3 is 4.74 Å². The number of ether oxygens (including phenoxy) is 1. The van der Waals surface area contributed by atoms with E-state index in [9.17, 15) is 4.79 Å². The van der Waals surface area contributed by atoms with Gasteiger partial charge in [-0.2, -0.15) is 0 Å². The van der Waals surface area contributed by atoms with Crippen molar-refractivity contribution in [3.63, 3.8) is 0 Å². The number of fused-ring (bicyclic) bond motifs is 3. The lowest BCUT2D eigenvalue weighted by atomic mass is 10.1. The molecule has 0 radical (unpaired) electrons. The van der Waals surface area contributed by atoms with Crippen molar-refractivity contribution < 1.29 is 9.53 Å². The van der Waals surface area contributed by atoms with Gasteiger partial charge in [-0.1, -0.05) is 18.2 Å². The van der Waals surface area contributed by atoms with Gasteiger partial charge in [0, 0.05) is 20.2 Å². The third-order valence-electron chi connectivity index (χ3n) is 2.89. The first kappa shape index (κ1) is 11.2. The number of carbonyl (C=O) groups is 1. The van der Waals surface area contributed by atoms with Crippen LogP contribution >= 0.6 is 11.3 Å². The van der Waals surface area contributed by atoms with Crippen LogP contribution in [0.5, 0.6) is 0 Å². The number of rotatable bonds is 2. The van der Waals surface area contributed by atoms with Gasteiger partial charge in [0.25, 0.3) is 0 Å². The van der Waals surface area contributed by atoms with Crippen LogP contribution in [-0.4, -0.2) is 12.6 Å². The van der Waals surface area contributed by atoms with Gasteiger partial charge in [-0.25, -0.2) is 4.79 Å². The van der Waals surface area contributed by atoms with Gasteiger partial charge in [-0.15, -0.1) is 11.3 Å². The molecule has 0 N–H and O–H groups in total. The fourth-order valence-electron chi connectivity index (χ4n) is 2.07. The maximum absolute atomic E-state index is 11.7. The van der Waals surface area contributed by atoms with Crippen molar-refractivity contribution in [1.29, 1.82) is 0 Å². The van der Waals surface area contributed by atoms with Crippen LogP contribution < -0.4 is 0 Å². The molecule has 0 atom stereocenters. The first-order chi connectivity index (χ1) is 8.79. The summed E-state index contributed by atoms with van der Waals surface area (Å²) < 4.78 is 7.47. The van der Waals surface area contributed by atoms with Crippen molar-refractivity contribution in [3.05, 3.63) is 48.0 Å². The number of esters is 1. The van der Waals surface area contributed by atoms with E-state index >= 15 is 0 Å². The second kappa shape index (κ2) is 4.42. The van der Waals surface area contributed by atoms with E-state index in [1.54, 1.807) is 11.3 Å². The molecule has 2 aromatic carbocycles. The monoisotopic (exact) mass is 256 g/mol. The van der Waals surface area contributed by atoms with Crippen molar-refractivity contribution in [1.82, 2.24) is 0 Å². The minimum absolute atomic E-state index is 0.255. The first-order valence-corrected chi connectivity index (χ1v) is 6.69. The summed E-state index contributed by atoms with van der Waals surface area (Å²) in [5.74, 6) is -0.255. The Morgan fingerprint density at radius 3 is 2.72 bits per heavy atom. The predicted molar refractivity (Wildman–Crippen MR) is 75.3 cm³/mol. The minimum atomic E-state index is -0.255. The molecule has 1 aromatic heterocycles. The van der Waals surface area contributed by atoms with Crippen LogP contribution in [0.3, 0.4) is 0 Å². The third-order valence-corrected chi connectivity index (χ3v) is 4.04. The minimum Gasteiger partial charge on any atom is -0.462 e. The van der Waals surface area contributed by atoms with Crippen molar-refractivity contribution in [2.24, 2.45) is 0 Å². The molecule has 18 heavy (non-hydrogen) atoms. The Hall–Kier alpha value is -1.87. The Morgan fingerprint density at radius 2 is 1.89 bits per heavy atom. The second-order valence-corrected chi connectivity index (χ2v) is 5.11. The zero-order chi connectivity index (χ0) is 12.5. The molecule has 0 fully saturated rings. The third kappa shape index (κ3) is 1.77. The smallest absolute Gasteiger partial charge is 0.338 e. The van der Waals surface area contributed by atoms with Crippen LogP contribution in [0.15, 0.2) is 42.5 Å². The van der Waals surface area contributed by atoms with Gasteiger partial charge in [0.2, 0.25) is 0 Å². The first-order valence-electron chi connectivity index (χ1n) is 5.88. The maximum Gasteiger partial charge on any atom is 0.338 e. The van der Waals surface area contributed by atoms with E-state index < -0.39 is 0 Å². The lowest BCUT2D eigenvalue weighted by Gasteiger charge is -2.01. The molecule has 0 unspecified atom stereocenters. The van der Waals surface area contributed by atoms with E-state index in [4.69, 9.17) is 4.74 Å². The van der Waals surface area contributed by atoms with Crippen LogP contribution in [-0.2, 0) is 4.74 Å². The molecule has 3 rings (SSSR count). The van der Waals surface area contributed by atoms with Crippen LogP contribution in [0, 0.1) is 0 Å². The molecular weight excluding hydrogens is 244 g/mol. The predicted octanol–water partition coefficient (Wildman–Crippen LogP) is 4.23.